The molecule has 3 aromatic carbocycles. The standard InChI is InChI=1S/C24H21NO4S/c1-16-8-11-20(12-9-16)30(27,28)25(3)19-10-13-23-18(14-19)15-22(24(26)29-23)21-7-5-4-6-17(21)2/h4-15H,1-3H3. The topological polar surface area (TPSA) is 67.6 Å². The van der Waals surface area contributed by atoms with Crippen molar-refractivity contribution in [2.24, 2.45) is 0 Å². The van der Waals surface area contributed by atoms with Gasteiger partial charge in [-0.2, -0.15) is 0 Å². The molecular weight excluding hydrogens is 398 g/mol. The Morgan fingerprint density at radius 1 is 0.833 bits per heavy atom. The maximum atomic E-state index is 13.0. The fourth-order valence-electron chi connectivity index (χ4n) is 3.38. The SMILES string of the molecule is Cc1ccc(S(=O)(=O)N(C)c2ccc3oc(=O)c(-c4ccccc4C)cc3c2)cc1. The Morgan fingerprint density at radius 2 is 1.53 bits per heavy atom. The number of rotatable bonds is 4. The van der Waals surface area contributed by atoms with Crippen LogP contribution in [0.5, 0.6) is 0 Å². The summed E-state index contributed by atoms with van der Waals surface area (Å²) in [4.78, 5) is 12.7. The van der Waals surface area contributed by atoms with Crippen LogP contribution in [0.3, 0.4) is 0 Å². The van der Waals surface area contributed by atoms with Crippen LogP contribution in [0.1, 0.15) is 11.1 Å². The molecule has 0 amide bonds. The molecule has 0 radical (unpaired) electrons. The van der Waals surface area contributed by atoms with Crippen molar-refractivity contribution in [1.82, 2.24) is 0 Å². The lowest BCUT2D eigenvalue weighted by Gasteiger charge is -2.20. The maximum absolute atomic E-state index is 13.0. The molecule has 1 aromatic heterocycles. The van der Waals surface area contributed by atoms with Crippen molar-refractivity contribution >= 4 is 26.7 Å². The summed E-state index contributed by atoms with van der Waals surface area (Å²) in [7, 11) is -2.20. The van der Waals surface area contributed by atoms with Gasteiger partial charge in [-0.3, -0.25) is 4.31 Å². The van der Waals surface area contributed by atoms with Crippen molar-refractivity contribution in [3.63, 3.8) is 0 Å². The largest absolute Gasteiger partial charge is 0.422 e. The number of hydrogen-bond acceptors (Lipinski definition) is 4. The van der Waals surface area contributed by atoms with Crippen LogP contribution in [-0.2, 0) is 10.0 Å². The second kappa shape index (κ2) is 7.46. The van der Waals surface area contributed by atoms with E-state index in [0.29, 0.717) is 22.2 Å². The first kappa shape index (κ1) is 19.9. The third-order valence-electron chi connectivity index (χ3n) is 5.19. The van der Waals surface area contributed by atoms with Crippen molar-refractivity contribution < 1.29 is 12.8 Å². The van der Waals surface area contributed by atoms with E-state index in [1.54, 1.807) is 48.5 Å². The lowest BCUT2D eigenvalue weighted by Crippen LogP contribution is -2.26. The lowest BCUT2D eigenvalue weighted by atomic mass is 10.0. The molecule has 30 heavy (non-hydrogen) atoms. The molecule has 0 saturated carbocycles. The highest BCUT2D eigenvalue weighted by Gasteiger charge is 2.21. The number of hydrogen-bond donors (Lipinski definition) is 0. The predicted octanol–water partition coefficient (Wildman–Crippen LogP) is 4.90. The fraction of sp³-hybridized carbons (Fsp3) is 0.125. The van der Waals surface area contributed by atoms with E-state index in [1.807, 2.05) is 38.1 Å². The summed E-state index contributed by atoms with van der Waals surface area (Å²) in [5.74, 6) is 0. The molecule has 4 aromatic rings. The highest BCUT2D eigenvalue weighted by Crippen LogP contribution is 2.28. The van der Waals surface area contributed by atoms with Crippen molar-refractivity contribution in [2.45, 2.75) is 18.7 Å². The second-order valence-corrected chi connectivity index (χ2v) is 9.24. The van der Waals surface area contributed by atoms with Crippen molar-refractivity contribution in [3.05, 3.63) is 94.3 Å². The van der Waals surface area contributed by atoms with Crippen LogP contribution >= 0.6 is 0 Å². The smallest absolute Gasteiger partial charge is 0.344 e. The Labute approximate surface area is 175 Å². The van der Waals surface area contributed by atoms with E-state index >= 15 is 0 Å². The Kier molecular flexibility index (Phi) is 4.95. The molecule has 0 unspecified atom stereocenters. The van der Waals surface area contributed by atoms with E-state index in [-0.39, 0.29) is 4.90 Å². The van der Waals surface area contributed by atoms with E-state index in [9.17, 15) is 13.2 Å². The molecule has 0 fully saturated rings. The van der Waals surface area contributed by atoms with Crippen LogP contribution in [0.4, 0.5) is 5.69 Å². The third-order valence-corrected chi connectivity index (χ3v) is 6.99. The zero-order chi connectivity index (χ0) is 21.5. The van der Waals surface area contributed by atoms with Gasteiger partial charge < -0.3 is 4.42 Å². The van der Waals surface area contributed by atoms with E-state index in [0.717, 1.165) is 16.7 Å². The first-order valence-electron chi connectivity index (χ1n) is 9.47. The molecule has 0 bridgehead atoms. The molecule has 6 heteroatoms. The zero-order valence-electron chi connectivity index (χ0n) is 16.9. The summed E-state index contributed by atoms with van der Waals surface area (Å²) in [6, 6.07) is 21.0. The monoisotopic (exact) mass is 419 g/mol. The maximum Gasteiger partial charge on any atom is 0.344 e. The molecule has 0 aliphatic rings. The van der Waals surface area contributed by atoms with Crippen molar-refractivity contribution in [2.75, 3.05) is 11.4 Å². The number of anilines is 1. The van der Waals surface area contributed by atoms with E-state index in [1.165, 1.54) is 11.4 Å². The quantitative estimate of drug-likeness (QED) is 0.441. The van der Waals surface area contributed by atoms with Gasteiger partial charge in [-0.1, -0.05) is 42.0 Å². The number of benzene rings is 3. The van der Waals surface area contributed by atoms with Crippen LogP contribution < -0.4 is 9.93 Å². The van der Waals surface area contributed by atoms with Gasteiger partial charge in [0.05, 0.1) is 16.1 Å². The molecule has 1 heterocycles. The van der Waals surface area contributed by atoms with Crippen LogP contribution in [-0.4, -0.2) is 15.5 Å². The van der Waals surface area contributed by atoms with Gasteiger partial charge >= 0.3 is 5.63 Å². The minimum absolute atomic E-state index is 0.218. The van der Waals surface area contributed by atoms with Gasteiger partial charge in [-0.15, -0.1) is 0 Å². The summed E-state index contributed by atoms with van der Waals surface area (Å²) in [5, 5.41) is 0.649. The Hall–Kier alpha value is -3.38. The molecular formula is C24H21NO4S. The van der Waals surface area contributed by atoms with Gasteiger partial charge in [0.25, 0.3) is 10.0 Å². The lowest BCUT2D eigenvalue weighted by molar-refractivity contribution is 0.563. The first-order chi connectivity index (χ1) is 14.3. The second-order valence-electron chi connectivity index (χ2n) is 7.27. The average Bonchev–Trinajstić information content (AvgIpc) is 2.73. The number of sulfonamides is 1. The molecule has 0 N–H and O–H groups in total. The minimum Gasteiger partial charge on any atom is -0.422 e. The Morgan fingerprint density at radius 3 is 2.23 bits per heavy atom. The van der Waals surface area contributed by atoms with Gasteiger partial charge in [0.15, 0.2) is 0 Å². The molecule has 0 spiro atoms. The summed E-state index contributed by atoms with van der Waals surface area (Å²) in [5.41, 5.74) is 3.64. The molecule has 4 rings (SSSR count). The molecule has 0 aliphatic carbocycles. The summed E-state index contributed by atoms with van der Waals surface area (Å²) >= 11 is 0. The zero-order valence-corrected chi connectivity index (χ0v) is 17.7. The summed E-state index contributed by atoms with van der Waals surface area (Å²) in [6.45, 7) is 3.83. The van der Waals surface area contributed by atoms with E-state index in [2.05, 4.69) is 0 Å². The molecule has 5 nitrogen and oxygen atoms in total. The normalized spacial score (nSPS) is 11.6. The van der Waals surface area contributed by atoms with Crippen LogP contribution in [0.25, 0.3) is 22.1 Å². The number of aryl methyl sites for hydroxylation is 2. The van der Waals surface area contributed by atoms with Gasteiger partial charge in [0, 0.05) is 12.4 Å². The molecule has 0 saturated heterocycles. The van der Waals surface area contributed by atoms with E-state index < -0.39 is 15.6 Å². The van der Waals surface area contributed by atoms with Crippen LogP contribution in [0, 0.1) is 13.8 Å². The third kappa shape index (κ3) is 3.50. The molecule has 0 aliphatic heterocycles. The predicted molar refractivity (Wildman–Crippen MR) is 119 cm³/mol. The number of fused-ring (bicyclic) bond motifs is 1. The fourth-order valence-corrected chi connectivity index (χ4v) is 4.56. The average molecular weight is 420 g/mol. The van der Waals surface area contributed by atoms with Gasteiger partial charge in [-0.25, -0.2) is 13.2 Å². The highest BCUT2D eigenvalue weighted by molar-refractivity contribution is 7.92. The number of nitrogens with zero attached hydrogens (tertiary/aromatic N) is 1. The van der Waals surface area contributed by atoms with Crippen LogP contribution in [0.2, 0.25) is 0 Å². The summed E-state index contributed by atoms with van der Waals surface area (Å²) in [6.07, 6.45) is 0. The highest BCUT2D eigenvalue weighted by atomic mass is 32.2. The van der Waals surface area contributed by atoms with Crippen molar-refractivity contribution in [3.8, 4) is 11.1 Å². The first-order valence-corrected chi connectivity index (χ1v) is 10.9. The molecule has 152 valence electrons. The van der Waals surface area contributed by atoms with Gasteiger partial charge in [-0.05, 0) is 61.4 Å². The van der Waals surface area contributed by atoms with Gasteiger partial charge in [0.2, 0.25) is 0 Å². The molecule has 0 atom stereocenters. The summed E-state index contributed by atoms with van der Waals surface area (Å²) < 4.78 is 32.8. The van der Waals surface area contributed by atoms with Crippen molar-refractivity contribution in [1.29, 1.82) is 0 Å². The minimum atomic E-state index is -3.71. The van der Waals surface area contributed by atoms with E-state index in [4.69, 9.17) is 4.42 Å². The Balaban J connectivity index is 1.81. The van der Waals surface area contributed by atoms with Gasteiger partial charge in [0.1, 0.15) is 5.58 Å². The Bertz CT molecular complexity index is 1400. The van der Waals surface area contributed by atoms with Crippen LogP contribution in [0.15, 0.2) is 86.9 Å².